The van der Waals surface area contributed by atoms with E-state index in [9.17, 15) is 9.59 Å². The van der Waals surface area contributed by atoms with Crippen molar-refractivity contribution in [3.05, 3.63) is 29.8 Å². The van der Waals surface area contributed by atoms with Crippen LogP contribution in [0.3, 0.4) is 0 Å². The lowest BCUT2D eigenvalue weighted by Crippen LogP contribution is -2.35. The van der Waals surface area contributed by atoms with Crippen molar-refractivity contribution in [3.63, 3.8) is 0 Å². The highest BCUT2D eigenvalue weighted by Crippen LogP contribution is 2.16. The van der Waals surface area contributed by atoms with Crippen LogP contribution in [-0.2, 0) is 4.79 Å². The molecule has 6 nitrogen and oxygen atoms in total. The summed E-state index contributed by atoms with van der Waals surface area (Å²) in [5, 5.41) is 9.14. The number of benzene rings is 1. The molecular formula is C19H32Cl2N4O2. The van der Waals surface area contributed by atoms with Gasteiger partial charge in [-0.2, -0.15) is 0 Å². The summed E-state index contributed by atoms with van der Waals surface area (Å²) in [6.07, 6.45) is 1.72. The number of halogens is 2. The summed E-state index contributed by atoms with van der Waals surface area (Å²) in [6.45, 7) is 9.39. The van der Waals surface area contributed by atoms with Crippen LogP contribution in [-0.4, -0.2) is 56.0 Å². The van der Waals surface area contributed by atoms with Gasteiger partial charge in [-0.25, -0.2) is 0 Å². The van der Waals surface area contributed by atoms with Crippen LogP contribution < -0.4 is 16.0 Å². The van der Waals surface area contributed by atoms with Crippen molar-refractivity contribution in [3.8, 4) is 0 Å². The maximum atomic E-state index is 12.3. The number of amides is 2. The minimum Gasteiger partial charge on any atom is -0.351 e. The van der Waals surface area contributed by atoms with Crippen molar-refractivity contribution in [2.75, 3.05) is 44.6 Å². The quantitative estimate of drug-likeness (QED) is 0.606. The molecule has 8 heteroatoms. The summed E-state index contributed by atoms with van der Waals surface area (Å²) >= 11 is 0. The molecule has 0 aromatic heterocycles. The Balaban J connectivity index is 0.00000338. The van der Waals surface area contributed by atoms with E-state index in [0.717, 1.165) is 45.6 Å². The summed E-state index contributed by atoms with van der Waals surface area (Å²) in [5.41, 5.74) is 1.25. The molecule has 1 fully saturated rings. The molecule has 0 bridgehead atoms. The number of anilines is 1. The predicted molar refractivity (Wildman–Crippen MR) is 115 cm³/mol. The van der Waals surface area contributed by atoms with Crippen molar-refractivity contribution in [2.45, 2.75) is 26.7 Å². The fourth-order valence-electron chi connectivity index (χ4n) is 3.04. The molecule has 1 heterocycles. The second-order valence-electron chi connectivity index (χ2n) is 6.38. The standard InChI is InChI=1S/C19H30N4O2.2ClH/c1-3-23(4-2)13-12-21-18(24)16-6-5-7-17(14-16)22-19(25)15-8-10-20-11-9-15;;/h5-7,14-15,20H,3-4,8-13H2,1-2H3,(H,21,24)(H,22,25);2*1H. The zero-order valence-electron chi connectivity index (χ0n) is 16.1. The van der Waals surface area contributed by atoms with Gasteiger partial charge in [-0.15, -0.1) is 24.8 Å². The van der Waals surface area contributed by atoms with Gasteiger partial charge < -0.3 is 20.9 Å². The van der Waals surface area contributed by atoms with Gasteiger partial charge in [0.1, 0.15) is 0 Å². The Morgan fingerprint density at radius 3 is 2.44 bits per heavy atom. The second kappa shape index (κ2) is 13.8. The topological polar surface area (TPSA) is 73.5 Å². The molecule has 0 saturated carbocycles. The minimum absolute atomic E-state index is 0. The molecule has 2 amide bonds. The molecule has 1 aliphatic rings. The lowest BCUT2D eigenvalue weighted by Gasteiger charge is -2.21. The van der Waals surface area contributed by atoms with E-state index < -0.39 is 0 Å². The fraction of sp³-hybridized carbons (Fsp3) is 0.579. The van der Waals surface area contributed by atoms with Gasteiger partial charge in [0, 0.05) is 30.3 Å². The molecule has 27 heavy (non-hydrogen) atoms. The largest absolute Gasteiger partial charge is 0.351 e. The number of carbonyl (C=O) groups is 2. The Kier molecular flexibility index (Phi) is 13.1. The maximum Gasteiger partial charge on any atom is 0.251 e. The molecule has 154 valence electrons. The van der Waals surface area contributed by atoms with Gasteiger partial charge in [0.2, 0.25) is 5.91 Å². The third-order valence-electron chi connectivity index (χ3n) is 4.71. The molecule has 0 radical (unpaired) electrons. The summed E-state index contributed by atoms with van der Waals surface area (Å²) in [6, 6.07) is 7.14. The van der Waals surface area contributed by atoms with Gasteiger partial charge in [0.15, 0.2) is 0 Å². The van der Waals surface area contributed by atoms with Gasteiger partial charge in [-0.3, -0.25) is 9.59 Å². The van der Waals surface area contributed by atoms with E-state index in [0.29, 0.717) is 17.8 Å². The van der Waals surface area contributed by atoms with E-state index in [1.165, 1.54) is 0 Å². The Bertz CT molecular complexity index is 577. The number of rotatable bonds is 8. The first-order valence-electron chi connectivity index (χ1n) is 9.26. The van der Waals surface area contributed by atoms with Crippen molar-refractivity contribution in [1.29, 1.82) is 0 Å². The van der Waals surface area contributed by atoms with Crippen LogP contribution in [0.15, 0.2) is 24.3 Å². The molecule has 3 N–H and O–H groups in total. The minimum atomic E-state index is -0.106. The van der Waals surface area contributed by atoms with Gasteiger partial charge >= 0.3 is 0 Å². The number of piperidine rings is 1. The molecule has 0 spiro atoms. The van der Waals surface area contributed by atoms with Gasteiger partial charge in [-0.1, -0.05) is 19.9 Å². The average Bonchev–Trinajstić information content (AvgIpc) is 2.66. The highest BCUT2D eigenvalue weighted by molar-refractivity contribution is 5.97. The molecule has 0 unspecified atom stereocenters. The summed E-state index contributed by atoms with van der Waals surface area (Å²) in [7, 11) is 0. The smallest absolute Gasteiger partial charge is 0.251 e. The van der Waals surface area contributed by atoms with Crippen molar-refractivity contribution in [1.82, 2.24) is 15.5 Å². The zero-order valence-corrected chi connectivity index (χ0v) is 17.8. The number of nitrogens with one attached hydrogen (secondary N) is 3. The van der Waals surface area contributed by atoms with Crippen molar-refractivity contribution < 1.29 is 9.59 Å². The van der Waals surface area contributed by atoms with Crippen LogP contribution in [0.1, 0.15) is 37.0 Å². The van der Waals surface area contributed by atoms with E-state index in [1.54, 1.807) is 18.2 Å². The summed E-state index contributed by atoms with van der Waals surface area (Å²) in [4.78, 5) is 26.9. The molecule has 0 aliphatic carbocycles. The second-order valence-corrected chi connectivity index (χ2v) is 6.38. The van der Waals surface area contributed by atoms with Crippen LogP contribution in [0.4, 0.5) is 5.69 Å². The molecule has 1 aromatic carbocycles. The summed E-state index contributed by atoms with van der Waals surface area (Å²) < 4.78 is 0. The van der Waals surface area contributed by atoms with Crippen LogP contribution in [0.5, 0.6) is 0 Å². The lowest BCUT2D eigenvalue weighted by atomic mass is 9.97. The monoisotopic (exact) mass is 418 g/mol. The van der Waals surface area contributed by atoms with Gasteiger partial charge in [0.05, 0.1) is 0 Å². The normalized spacial score (nSPS) is 14.0. The number of carbonyl (C=O) groups excluding carboxylic acids is 2. The van der Waals surface area contributed by atoms with Crippen LogP contribution in [0.25, 0.3) is 0 Å². The number of likely N-dealkylation sites (N-methyl/N-ethyl adjacent to an activating group) is 1. The molecular weight excluding hydrogens is 387 g/mol. The molecule has 1 aromatic rings. The number of nitrogens with zero attached hydrogens (tertiary/aromatic N) is 1. The van der Waals surface area contributed by atoms with E-state index in [2.05, 4.69) is 34.7 Å². The lowest BCUT2D eigenvalue weighted by molar-refractivity contribution is -0.120. The first-order chi connectivity index (χ1) is 12.1. The Hall–Kier alpha value is -1.34. The van der Waals surface area contributed by atoms with Crippen LogP contribution in [0, 0.1) is 5.92 Å². The van der Waals surface area contributed by atoms with E-state index in [1.807, 2.05) is 6.07 Å². The number of hydrogen-bond donors (Lipinski definition) is 3. The van der Waals surface area contributed by atoms with Crippen molar-refractivity contribution in [2.24, 2.45) is 5.92 Å². The van der Waals surface area contributed by atoms with E-state index >= 15 is 0 Å². The summed E-state index contributed by atoms with van der Waals surface area (Å²) in [5.74, 6) is -0.0153. The predicted octanol–water partition coefficient (Wildman–Crippen LogP) is 2.54. The van der Waals surface area contributed by atoms with Crippen molar-refractivity contribution >= 4 is 42.3 Å². The highest BCUT2D eigenvalue weighted by Gasteiger charge is 2.21. The molecule has 1 saturated heterocycles. The molecule has 0 atom stereocenters. The van der Waals surface area contributed by atoms with E-state index in [4.69, 9.17) is 0 Å². The Morgan fingerprint density at radius 2 is 1.81 bits per heavy atom. The van der Waals surface area contributed by atoms with Gasteiger partial charge in [0.25, 0.3) is 5.91 Å². The van der Waals surface area contributed by atoms with Crippen LogP contribution >= 0.6 is 24.8 Å². The fourth-order valence-corrected chi connectivity index (χ4v) is 3.04. The SMILES string of the molecule is CCN(CC)CCNC(=O)c1cccc(NC(=O)C2CCNCC2)c1.Cl.Cl. The Labute approximate surface area is 174 Å². The average molecular weight is 419 g/mol. The highest BCUT2D eigenvalue weighted by atomic mass is 35.5. The Morgan fingerprint density at radius 1 is 1.15 bits per heavy atom. The number of hydrogen-bond acceptors (Lipinski definition) is 4. The third kappa shape index (κ3) is 8.47. The third-order valence-corrected chi connectivity index (χ3v) is 4.71. The molecule has 1 aliphatic heterocycles. The van der Waals surface area contributed by atoms with Crippen LogP contribution in [0.2, 0.25) is 0 Å². The first-order valence-corrected chi connectivity index (χ1v) is 9.26. The van der Waals surface area contributed by atoms with E-state index in [-0.39, 0.29) is 42.5 Å². The molecule has 2 rings (SSSR count). The zero-order chi connectivity index (χ0) is 18.1. The van der Waals surface area contributed by atoms with Gasteiger partial charge in [-0.05, 0) is 57.2 Å². The first kappa shape index (κ1) is 25.7. The maximum absolute atomic E-state index is 12.3.